The Morgan fingerprint density at radius 2 is 2.20 bits per heavy atom. The summed E-state index contributed by atoms with van der Waals surface area (Å²) in [5, 5.41) is 7.43. The van der Waals surface area contributed by atoms with Crippen LogP contribution in [0.25, 0.3) is 0 Å². The number of morpholine rings is 1. The molecule has 1 atom stereocenters. The maximum atomic E-state index is 14.5. The number of nitrogens with zero attached hydrogens (tertiary/aromatic N) is 1. The normalized spacial score (nSPS) is 21.9. The van der Waals surface area contributed by atoms with Crippen LogP contribution < -0.4 is 10.6 Å². The number of nitrogens with one attached hydrogen (secondary N) is 1. The molecule has 1 heterocycles. The van der Waals surface area contributed by atoms with E-state index in [1.807, 2.05) is 25.7 Å². The first kappa shape index (κ1) is 15.3. The molecule has 20 heavy (non-hydrogen) atoms. The molecule has 1 aromatic rings. The van der Waals surface area contributed by atoms with E-state index >= 15 is 0 Å². The van der Waals surface area contributed by atoms with Crippen molar-refractivity contribution in [2.24, 2.45) is 5.73 Å². The molecule has 4 nitrogen and oxygen atoms in total. The van der Waals surface area contributed by atoms with Crippen LogP contribution in [0.3, 0.4) is 0 Å². The van der Waals surface area contributed by atoms with E-state index in [0.717, 1.165) is 0 Å². The summed E-state index contributed by atoms with van der Waals surface area (Å²) in [7, 11) is 0. The number of anilines is 1. The molecule has 2 rings (SSSR count). The van der Waals surface area contributed by atoms with E-state index in [4.69, 9.17) is 15.9 Å². The quantitative estimate of drug-likeness (QED) is 0.641. The first-order valence-electron chi connectivity index (χ1n) is 6.46. The number of amidine groups is 1. The molecule has 6 heteroatoms. The smallest absolute Gasteiger partial charge is 0.161 e. The summed E-state index contributed by atoms with van der Waals surface area (Å²) in [4.78, 5) is 1.97. The van der Waals surface area contributed by atoms with Crippen molar-refractivity contribution in [1.82, 2.24) is 0 Å². The summed E-state index contributed by atoms with van der Waals surface area (Å²) >= 11 is 3.19. The predicted octanol–water partition coefficient (Wildman–Crippen LogP) is 2.88. The molecule has 1 saturated heterocycles. The van der Waals surface area contributed by atoms with Gasteiger partial charge < -0.3 is 15.4 Å². The van der Waals surface area contributed by atoms with Gasteiger partial charge in [0.1, 0.15) is 5.84 Å². The van der Waals surface area contributed by atoms with Crippen LogP contribution in [-0.4, -0.2) is 30.6 Å². The van der Waals surface area contributed by atoms with Crippen LogP contribution in [-0.2, 0) is 4.74 Å². The monoisotopic (exact) mass is 343 g/mol. The SMILES string of the molecule is CC1CN(c2ccc(C(=N)N)c(Br)c2F)CC(C)(C)O1. The highest BCUT2D eigenvalue weighted by Gasteiger charge is 2.33. The topological polar surface area (TPSA) is 62.3 Å². The Balaban J connectivity index is 2.38. The Bertz CT molecular complexity index is 547. The molecule has 1 fully saturated rings. The zero-order valence-electron chi connectivity index (χ0n) is 11.8. The van der Waals surface area contributed by atoms with Crippen LogP contribution >= 0.6 is 15.9 Å². The van der Waals surface area contributed by atoms with Crippen LogP contribution in [0.5, 0.6) is 0 Å². The largest absolute Gasteiger partial charge is 0.384 e. The number of halogens is 2. The minimum absolute atomic E-state index is 0.0319. The number of ether oxygens (including phenoxy) is 1. The van der Waals surface area contributed by atoms with Gasteiger partial charge >= 0.3 is 0 Å². The maximum Gasteiger partial charge on any atom is 0.161 e. The number of hydrogen-bond donors (Lipinski definition) is 2. The summed E-state index contributed by atoms with van der Waals surface area (Å²) in [5.74, 6) is -0.541. The van der Waals surface area contributed by atoms with Crippen molar-refractivity contribution in [2.75, 3.05) is 18.0 Å². The first-order valence-corrected chi connectivity index (χ1v) is 7.26. The molecular formula is C14H19BrFN3O. The van der Waals surface area contributed by atoms with Gasteiger partial charge in [-0.3, -0.25) is 5.41 Å². The van der Waals surface area contributed by atoms with Gasteiger partial charge in [0.15, 0.2) is 5.82 Å². The zero-order valence-corrected chi connectivity index (χ0v) is 13.4. The van der Waals surface area contributed by atoms with E-state index in [-0.39, 0.29) is 27.8 Å². The highest BCUT2D eigenvalue weighted by Crippen LogP contribution is 2.32. The van der Waals surface area contributed by atoms with Crippen LogP contribution in [0.4, 0.5) is 10.1 Å². The molecule has 3 N–H and O–H groups in total. The summed E-state index contributed by atoms with van der Waals surface area (Å²) in [6.07, 6.45) is 0.0319. The molecule has 0 spiro atoms. The molecule has 1 aromatic carbocycles. The van der Waals surface area contributed by atoms with Crippen LogP contribution in [0.1, 0.15) is 26.3 Å². The van der Waals surface area contributed by atoms with Crippen molar-refractivity contribution < 1.29 is 9.13 Å². The van der Waals surface area contributed by atoms with Crippen LogP contribution in [0, 0.1) is 11.2 Å². The molecule has 0 radical (unpaired) electrons. The lowest BCUT2D eigenvalue weighted by Gasteiger charge is -2.43. The van der Waals surface area contributed by atoms with Crippen molar-refractivity contribution in [3.05, 3.63) is 28.0 Å². The zero-order chi connectivity index (χ0) is 15.1. The lowest BCUT2D eigenvalue weighted by atomic mass is 10.0. The summed E-state index contributed by atoms with van der Waals surface area (Å²) < 4.78 is 20.6. The third kappa shape index (κ3) is 2.96. The molecule has 1 aliphatic rings. The van der Waals surface area contributed by atoms with E-state index in [1.54, 1.807) is 12.1 Å². The number of hydrogen-bond acceptors (Lipinski definition) is 3. The van der Waals surface area contributed by atoms with Gasteiger partial charge in [0.2, 0.25) is 0 Å². The average Bonchev–Trinajstić information content (AvgIpc) is 2.29. The number of rotatable bonds is 2. The Kier molecular flexibility index (Phi) is 4.07. The molecule has 110 valence electrons. The lowest BCUT2D eigenvalue weighted by Crippen LogP contribution is -2.52. The molecule has 0 aromatic heterocycles. The molecule has 0 saturated carbocycles. The molecule has 1 aliphatic heterocycles. The van der Waals surface area contributed by atoms with Gasteiger partial charge in [0.05, 0.1) is 21.9 Å². The predicted molar refractivity (Wildman–Crippen MR) is 82.0 cm³/mol. The van der Waals surface area contributed by atoms with Gasteiger partial charge in [-0.25, -0.2) is 4.39 Å². The van der Waals surface area contributed by atoms with Crippen molar-refractivity contribution in [1.29, 1.82) is 5.41 Å². The summed E-state index contributed by atoms with van der Waals surface area (Å²) in [5.41, 5.74) is 5.98. The van der Waals surface area contributed by atoms with E-state index < -0.39 is 0 Å². The third-order valence-electron chi connectivity index (χ3n) is 3.26. The van der Waals surface area contributed by atoms with Gasteiger partial charge in [-0.2, -0.15) is 0 Å². The average molecular weight is 344 g/mol. The van der Waals surface area contributed by atoms with Gasteiger partial charge in [-0.05, 0) is 48.8 Å². The maximum absolute atomic E-state index is 14.5. The molecule has 0 bridgehead atoms. The summed E-state index contributed by atoms with van der Waals surface area (Å²) in [6.45, 7) is 7.20. The fourth-order valence-electron chi connectivity index (χ4n) is 2.63. The van der Waals surface area contributed by atoms with E-state index in [9.17, 15) is 4.39 Å². The van der Waals surface area contributed by atoms with Gasteiger partial charge in [-0.15, -0.1) is 0 Å². The second kappa shape index (κ2) is 5.33. The minimum Gasteiger partial charge on any atom is -0.384 e. The Morgan fingerprint density at radius 1 is 1.55 bits per heavy atom. The van der Waals surface area contributed by atoms with E-state index in [2.05, 4.69) is 15.9 Å². The fraction of sp³-hybridized carbons (Fsp3) is 0.500. The fourth-order valence-corrected chi connectivity index (χ4v) is 3.18. The molecule has 1 unspecified atom stereocenters. The standard InChI is InChI=1S/C14H19BrFN3O/c1-8-6-19(7-14(2,3)20-8)10-5-4-9(13(17)18)11(15)12(10)16/h4-5,8H,6-7H2,1-3H3,(H3,17,18). The molecule has 0 amide bonds. The number of nitrogens with two attached hydrogens (primary N) is 1. The Hall–Kier alpha value is -1.14. The minimum atomic E-state index is -0.386. The van der Waals surface area contributed by atoms with Crippen LogP contribution in [0.15, 0.2) is 16.6 Å². The Morgan fingerprint density at radius 3 is 2.75 bits per heavy atom. The number of benzene rings is 1. The lowest BCUT2D eigenvalue weighted by molar-refractivity contribution is -0.0751. The first-order chi connectivity index (χ1) is 9.21. The highest BCUT2D eigenvalue weighted by atomic mass is 79.9. The second-order valence-corrected chi connectivity index (χ2v) is 6.54. The highest BCUT2D eigenvalue weighted by molar-refractivity contribution is 9.10. The van der Waals surface area contributed by atoms with Gasteiger partial charge in [0.25, 0.3) is 0 Å². The molecular weight excluding hydrogens is 325 g/mol. The summed E-state index contributed by atoms with van der Waals surface area (Å²) in [6, 6.07) is 3.34. The van der Waals surface area contributed by atoms with Crippen molar-refractivity contribution in [3.8, 4) is 0 Å². The van der Waals surface area contributed by atoms with Crippen molar-refractivity contribution >= 4 is 27.5 Å². The van der Waals surface area contributed by atoms with Crippen molar-refractivity contribution in [3.63, 3.8) is 0 Å². The number of nitrogen functional groups attached to an aromatic ring is 1. The van der Waals surface area contributed by atoms with Crippen molar-refractivity contribution in [2.45, 2.75) is 32.5 Å². The van der Waals surface area contributed by atoms with Gasteiger partial charge in [0, 0.05) is 18.7 Å². The molecule has 0 aliphatic carbocycles. The van der Waals surface area contributed by atoms with Crippen LogP contribution in [0.2, 0.25) is 0 Å². The second-order valence-electron chi connectivity index (χ2n) is 5.74. The van der Waals surface area contributed by atoms with E-state index in [1.165, 1.54) is 0 Å². The van der Waals surface area contributed by atoms with E-state index in [0.29, 0.717) is 24.3 Å². The van der Waals surface area contributed by atoms with Gasteiger partial charge in [-0.1, -0.05) is 0 Å². The Labute approximate surface area is 126 Å². The third-order valence-corrected chi connectivity index (χ3v) is 4.04.